The number of carbonyl (C=O) groups is 1. The Labute approximate surface area is 209 Å². The van der Waals surface area contributed by atoms with Crippen LogP contribution >= 0.6 is 0 Å². The molecule has 0 saturated heterocycles. The van der Waals surface area contributed by atoms with Crippen molar-refractivity contribution in [3.8, 4) is 0 Å². The van der Waals surface area contributed by atoms with Crippen molar-refractivity contribution < 1.29 is 30.6 Å². The summed E-state index contributed by atoms with van der Waals surface area (Å²) in [5.41, 5.74) is -5.99. The predicted molar refractivity (Wildman–Crippen MR) is 133 cm³/mol. The molecule has 10 heteroatoms. The third kappa shape index (κ3) is 8.50. The average molecular weight is 525 g/mol. The van der Waals surface area contributed by atoms with Gasteiger partial charge in [0.2, 0.25) is 12.3 Å². The van der Waals surface area contributed by atoms with E-state index in [0.29, 0.717) is 50.9 Å². The predicted octanol–water partition coefficient (Wildman–Crippen LogP) is 6.82. The molecule has 1 rings (SSSR count). The van der Waals surface area contributed by atoms with E-state index < -0.39 is 33.2 Å². The fourth-order valence-electron chi connectivity index (χ4n) is 4.70. The van der Waals surface area contributed by atoms with Crippen molar-refractivity contribution in [3.63, 3.8) is 0 Å². The monoisotopic (exact) mass is 524 g/mol. The number of alkyl halides is 3. The van der Waals surface area contributed by atoms with Crippen LogP contribution in [-0.4, -0.2) is 42.8 Å². The summed E-state index contributed by atoms with van der Waals surface area (Å²) in [4.78, 5) is 18.5. The van der Waals surface area contributed by atoms with Gasteiger partial charge in [0.1, 0.15) is 5.66 Å². The van der Waals surface area contributed by atoms with Gasteiger partial charge in [0.25, 0.3) is 0 Å². The van der Waals surface area contributed by atoms with E-state index in [-0.39, 0.29) is 10.8 Å². The summed E-state index contributed by atoms with van der Waals surface area (Å²) in [5.74, 6) is -0.318. The van der Waals surface area contributed by atoms with Crippen LogP contribution in [0, 0.1) is 16.7 Å². The Hall–Kier alpha value is -1.58. The van der Waals surface area contributed by atoms with Gasteiger partial charge in [0.15, 0.2) is 0 Å². The van der Waals surface area contributed by atoms with Gasteiger partial charge in [-0.25, -0.2) is 4.99 Å². The normalized spacial score (nSPS) is 23.5. The van der Waals surface area contributed by atoms with Gasteiger partial charge in [-0.3, -0.25) is 4.79 Å². The van der Waals surface area contributed by atoms with Crippen LogP contribution in [0.4, 0.5) is 13.2 Å². The molecule has 6 nitrogen and oxygen atoms in total. The first-order valence-electron chi connectivity index (χ1n) is 12.2. The van der Waals surface area contributed by atoms with E-state index in [0.717, 1.165) is 18.9 Å². The van der Waals surface area contributed by atoms with Gasteiger partial charge in [-0.1, -0.05) is 60.6 Å². The van der Waals surface area contributed by atoms with Crippen LogP contribution in [0.15, 0.2) is 17.1 Å². The van der Waals surface area contributed by atoms with Gasteiger partial charge in [-0.05, 0) is 61.7 Å². The van der Waals surface area contributed by atoms with Crippen LogP contribution in [0.1, 0.15) is 100 Å². The Morgan fingerprint density at radius 3 is 2.06 bits per heavy atom. The lowest BCUT2D eigenvalue weighted by atomic mass is 9.69. The molecule has 1 saturated carbocycles. The molecule has 0 N–H and O–H groups in total. The van der Waals surface area contributed by atoms with Gasteiger partial charge < -0.3 is 9.08 Å². The van der Waals surface area contributed by atoms with E-state index in [2.05, 4.69) is 57.3 Å². The molecule has 1 aliphatic rings. The molecule has 0 radical (unpaired) electrons. The van der Waals surface area contributed by atoms with Gasteiger partial charge >= 0.3 is 15.6 Å². The molecule has 0 bridgehead atoms. The van der Waals surface area contributed by atoms with E-state index in [1.807, 2.05) is 6.92 Å². The van der Waals surface area contributed by atoms with Crippen molar-refractivity contribution in [1.29, 1.82) is 0 Å². The fourth-order valence-corrected chi connectivity index (χ4v) is 5.15. The number of halogens is 3. The minimum atomic E-state index is -5.87. The first-order chi connectivity index (χ1) is 15.7. The molecule has 1 aliphatic carbocycles. The number of rotatable bonds is 9. The van der Waals surface area contributed by atoms with Crippen LogP contribution in [0.5, 0.6) is 0 Å². The van der Waals surface area contributed by atoms with Crippen molar-refractivity contribution in [2.75, 3.05) is 0 Å². The molecular formula is C25H43F3N2O4S. The molecule has 1 amide bonds. The maximum Gasteiger partial charge on any atom is 0.534 e. The summed E-state index contributed by atoms with van der Waals surface area (Å²) in [7, 11) is -5.87. The number of hydrogen-bond donors (Lipinski definition) is 0. The molecular weight excluding hydrogens is 481 g/mol. The smallest absolute Gasteiger partial charge is 0.361 e. The summed E-state index contributed by atoms with van der Waals surface area (Å²) in [6, 6.07) is -0.390. The highest BCUT2D eigenvalue weighted by Gasteiger charge is 2.50. The molecule has 1 fully saturated rings. The van der Waals surface area contributed by atoms with E-state index in [1.54, 1.807) is 4.90 Å². The molecule has 0 aromatic carbocycles. The Bertz CT molecular complexity index is 876. The quantitative estimate of drug-likeness (QED) is 0.0828. The zero-order valence-electron chi connectivity index (χ0n) is 22.5. The molecule has 35 heavy (non-hydrogen) atoms. The SMILES string of the molecule is C=C(CC)C(CCC(C)(C)C)N(C=O)C1(/N=C(\C)OS(=O)(=O)C(F)(F)F)CCC(C(C)(C)C)CC1. The van der Waals surface area contributed by atoms with Crippen molar-refractivity contribution in [2.24, 2.45) is 21.7 Å². The summed E-state index contributed by atoms with van der Waals surface area (Å²) >= 11 is 0. The number of amides is 1. The topological polar surface area (TPSA) is 76.0 Å². The third-order valence-corrected chi connectivity index (χ3v) is 7.94. The van der Waals surface area contributed by atoms with Crippen LogP contribution < -0.4 is 0 Å². The second kappa shape index (κ2) is 11.2. The van der Waals surface area contributed by atoms with Crippen LogP contribution in [0.2, 0.25) is 0 Å². The highest BCUT2D eigenvalue weighted by molar-refractivity contribution is 7.88. The zero-order valence-corrected chi connectivity index (χ0v) is 23.3. The number of carbonyl (C=O) groups excluding carboxylic acids is 1. The van der Waals surface area contributed by atoms with Crippen molar-refractivity contribution in [3.05, 3.63) is 12.2 Å². The Morgan fingerprint density at radius 2 is 1.69 bits per heavy atom. The molecule has 0 aliphatic heterocycles. The van der Waals surface area contributed by atoms with E-state index in [9.17, 15) is 26.4 Å². The standard InChI is InChI=1S/C25H43F3N2O4S/c1-10-18(2)21(13-14-22(4,5)6)30(17-31)24(15-11-20(12-16-24)23(7,8)9)29-19(3)34-35(32,33)25(26,27)28/h17,20-21H,2,10-16H2,1,3-9H3/b29-19+. The minimum absolute atomic E-state index is 0.00566. The first kappa shape index (κ1) is 31.4. The van der Waals surface area contributed by atoms with E-state index >= 15 is 0 Å². The van der Waals surface area contributed by atoms with E-state index in [1.165, 1.54) is 0 Å². The summed E-state index contributed by atoms with van der Waals surface area (Å²) in [6.45, 7) is 19.8. The van der Waals surface area contributed by atoms with Gasteiger partial charge in [0, 0.05) is 6.92 Å². The van der Waals surface area contributed by atoms with Crippen LogP contribution in [0.25, 0.3) is 0 Å². The van der Waals surface area contributed by atoms with Gasteiger partial charge in [-0.2, -0.15) is 21.6 Å². The summed E-state index contributed by atoms with van der Waals surface area (Å²) in [5, 5.41) is 0. The number of hydrogen-bond acceptors (Lipinski definition) is 5. The van der Waals surface area contributed by atoms with Gasteiger partial charge in [0.05, 0.1) is 6.04 Å². The minimum Gasteiger partial charge on any atom is -0.361 e. The maximum absolute atomic E-state index is 12.9. The highest BCUT2D eigenvalue weighted by Crippen LogP contribution is 2.46. The van der Waals surface area contributed by atoms with E-state index in [4.69, 9.17) is 0 Å². The lowest BCUT2D eigenvalue weighted by molar-refractivity contribution is -0.129. The van der Waals surface area contributed by atoms with Crippen molar-refractivity contribution in [2.45, 2.75) is 118 Å². The van der Waals surface area contributed by atoms with Crippen LogP contribution in [0.3, 0.4) is 0 Å². The highest BCUT2D eigenvalue weighted by atomic mass is 32.2. The Kier molecular flexibility index (Phi) is 10.1. The second-order valence-electron chi connectivity index (χ2n) is 11.9. The van der Waals surface area contributed by atoms with Crippen LogP contribution in [-0.2, 0) is 19.1 Å². The fraction of sp³-hybridized carbons (Fsp3) is 0.840. The average Bonchev–Trinajstić information content (AvgIpc) is 2.67. The molecule has 1 atom stereocenters. The molecule has 0 aromatic rings. The maximum atomic E-state index is 12.9. The number of nitrogens with zero attached hydrogens (tertiary/aromatic N) is 2. The number of aliphatic imine (C=N–C) groups is 1. The lowest BCUT2D eigenvalue weighted by Crippen LogP contribution is -2.55. The van der Waals surface area contributed by atoms with Crippen molar-refractivity contribution >= 4 is 22.4 Å². The Morgan fingerprint density at radius 1 is 1.17 bits per heavy atom. The molecule has 204 valence electrons. The van der Waals surface area contributed by atoms with Crippen molar-refractivity contribution in [1.82, 2.24) is 4.90 Å². The zero-order chi connectivity index (χ0) is 27.5. The largest absolute Gasteiger partial charge is 0.534 e. The summed E-state index contributed by atoms with van der Waals surface area (Å²) < 4.78 is 66.3. The molecule has 0 heterocycles. The van der Waals surface area contributed by atoms with Gasteiger partial charge in [-0.15, -0.1) is 0 Å². The third-order valence-electron chi connectivity index (χ3n) is 6.91. The molecule has 0 spiro atoms. The molecule has 0 aromatic heterocycles. The second-order valence-corrected chi connectivity index (χ2v) is 13.4. The lowest BCUT2D eigenvalue weighted by Gasteiger charge is -2.49. The summed E-state index contributed by atoms with van der Waals surface area (Å²) in [6.07, 6.45) is 4.80. The Balaban J connectivity index is 3.54. The molecule has 1 unspecified atom stereocenters. The first-order valence-corrected chi connectivity index (χ1v) is 13.6.